The van der Waals surface area contributed by atoms with Gasteiger partial charge in [0.2, 0.25) is 0 Å². The van der Waals surface area contributed by atoms with Gasteiger partial charge in [-0.3, -0.25) is 0 Å². The van der Waals surface area contributed by atoms with Crippen LogP contribution in [0.5, 0.6) is 5.75 Å². The minimum atomic E-state index is 0.304. The molecule has 1 aliphatic rings. The summed E-state index contributed by atoms with van der Waals surface area (Å²) in [6, 6.07) is 7.76. The molecule has 1 heterocycles. The molecule has 3 nitrogen and oxygen atoms in total. The summed E-state index contributed by atoms with van der Waals surface area (Å²) in [7, 11) is 1.65. The van der Waals surface area contributed by atoms with Crippen LogP contribution in [0.4, 0.5) is 0 Å². The van der Waals surface area contributed by atoms with Gasteiger partial charge in [-0.15, -0.1) is 0 Å². The lowest BCUT2D eigenvalue weighted by Gasteiger charge is -2.13. The van der Waals surface area contributed by atoms with Crippen molar-refractivity contribution < 1.29 is 9.47 Å². The summed E-state index contributed by atoms with van der Waals surface area (Å²) in [6.07, 6.45) is 2.57. The maximum absolute atomic E-state index is 5.54. The van der Waals surface area contributed by atoms with Crippen molar-refractivity contribution >= 4 is 17.2 Å². The molecule has 1 atom stereocenters. The molecule has 92 valence electrons. The van der Waals surface area contributed by atoms with E-state index >= 15 is 0 Å². The maximum atomic E-state index is 5.54. The Bertz CT molecular complexity index is 389. The second kappa shape index (κ2) is 5.98. The Kier molecular flexibility index (Phi) is 4.34. The van der Waals surface area contributed by atoms with Crippen molar-refractivity contribution in [2.75, 3.05) is 20.3 Å². The Morgan fingerprint density at radius 3 is 3.18 bits per heavy atom. The zero-order valence-corrected chi connectivity index (χ0v) is 10.8. The van der Waals surface area contributed by atoms with Gasteiger partial charge in [-0.25, -0.2) is 0 Å². The molecule has 0 bridgehead atoms. The highest BCUT2D eigenvalue weighted by atomic mass is 32.1. The molecular weight excluding hydrogens is 234 g/mol. The van der Waals surface area contributed by atoms with Crippen molar-refractivity contribution in [1.82, 2.24) is 5.32 Å². The number of nitrogens with one attached hydrogen (secondary N) is 1. The van der Waals surface area contributed by atoms with Crippen molar-refractivity contribution in [3.05, 3.63) is 29.8 Å². The maximum Gasteiger partial charge on any atom is 0.119 e. The number of methoxy groups -OCH3 is 1. The molecular formula is C13H17NO2S. The fourth-order valence-electron chi connectivity index (χ4n) is 1.88. The molecule has 0 unspecified atom stereocenters. The minimum absolute atomic E-state index is 0.304. The van der Waals surface area contributed by atoms with E-state index in [0.29, 0.717) is 6.10 Å². The predicted molar refractivity (Wildman–Crippen MR) is 71.7 cm³/mol. The molecule has 2 rings (SSSR count). The van der Waals surface area contributed by atoms with Crippen molar-refractivity contribution in [2.45, 2.75) is 18.9 Å². The summed E-state index contributed by atoms with van der Waals surface area (Å²) in [5.41, 5.74) is 0.984. The lowest BCUT2D eigenvalue weighted by molar-refractivity contribution is 0.114. The molecule has 17 heavy (non-hydrogen) atoms. The highest BCUT2D eigenvalue weighted by Gasteiger charge is 2.15. The summed E-state index contributed by atoms with van der Waals surface area (Å²) in [5.74, 6) is 0.823. The first-order valence-corrected chi connectivity index (χ1v) is 6.24. The van der Waals surface area contributed by atoms with Crippen molar-refractivity contribution in [1.29, 1.82) is 0 Å². The third-order valence-electron chi connectivity index (χ3n) is 2.85. The van der Waals surface area contributed by atoms with Gasteiger partial charge in [-0.05, 0) is 25.0 Å². The number of ether oxygens (including phenoxy) is 2. The molecule has 1 saturated heterocycles. The third kappa shape index (κ3) is 3.41. The molecule has 4 heteroatoms. The van der Waals surface area contributed by atoms with Gasteiger partial charge in [0, 0.05) is 18.7 Å². The average molecular weight is 251 g/mol. The van der Waals surface area contributed by atoms with Gasteiger partial charge in [0.1, 0.15) is 10.7 Å². The molecule has 1 aromatic rings. The highest BCUT2D eigenvalue weighted by Crippen LogP contribution is 2.14. The predicted octanol–water partition coefficient (Wildman–Crippen LogP) is 2.14. The van der Waals surface area contributed by atoms with Crippen LogP contribution in [0.3, 0.4) is 0 Å². The van der Waals surface area contributed by atoms with E-state index in [1.54, 1.807) is 7.11 Å². The zero-order valence-electron chi connectivity index (χ0n) is 9.94. The molecule has 0 radical (unpaired) electrons. The van der Waals surface area contributed by atoms with Gasteiger partial charge < -0.3 is 14.8 Å². The number of hydrogen-bond acceptors (Lipinski definition) is 3. The summed E-state index contributed by atoms with van der Waals surface area (Å²) < 4.78 is 10.7. The lowest BCUT2D eigenvalue weighted by atomic mass is 10.2. The van der Waals surface area contributed by atoms with E-state index in [4.69, 9.17) is 21.7 Å². The van der Waals surface area contributed by atoms with Gasteiger partial charge in [-0.2, -0.15) is 0 Å². The first-order chi connectivity index (χ1) is 8.29. The second-order valence-corrected chi connectivity index (χ2v) is 4.49. The van der Waals surface area contributed by atoms with E-state index in [1.165, 1.54) is 0 Å². The number of rotatable bonds is 4. The smallest absolute Gasteiger partial charge is 0.119 e. The topological polar surface area (TPSA) is 30.5 Å². The fraction of sp³-hybridized carbons (Fsp3) is 0.462. The fourth-order valence-corrected chi connectivity index (χ4v) is 2.09. The summed E-state index contributed by atoms with van der Waals surface area (Å²) in [4.78, 5) is 0.749. The Morgan fingerprint density at radius 2 is 2.47 bits per heavy atom. The van der Waals surface area contributed by atoms with Gasteiger partial charge in [0.05, 0.1) is 13.2 Å². The summed E-state index contributed by atoms with van der Waals surface area (Å²) >= 11 is 5.34. The third-order valence-corrected chi connectivity index (χ3v) is 3.23. The minimum Gasteiger partial charge on any atom is -0.497 e. The molecule has 0 aliphatic carbocycles. The normalized spacial score (nSPS) is 19.0. The van der Waals surface area contributed by atoms with Gasteiger partial charge in [-0.1, -0.05) is 24.4 Å². The lowest BCUT2D eigenvalue weighted by Crippen LogP contribution is -2.31. The van der Waals surface area contributed by atoms with Crippen LogP contribution in [-0.4, -0.2) is 31.4 Å². The molecule has 0 spiro atoms. The average Bonchev–Trinajstić information content (AvgIpc) is 2.89. The Morgan fingerprint density at radius 1 is 1.59 bits per heavy atom. The second-order valence-electron chi connectivity index (χ2n) is 4.08. The van der Waals surface area contributed by atoms with E-state index in [0.717, 1.165) is 42.3 Å². The van der Waals surface area contributed by atoms with Crippen molar-refractivity contribution in [3.63, 3.8) is 0 Å². The van der Waals surface area contributed by atoms with Crippen LogP contribution in [-0.2, 0) is 4.74 Å². The van der Waals surface area contributed by atoms with Crippen LogP contribution in [0.2, 0.25) is 0 Å². The Labute approximate surface area is 107 Å². The molecule has 1 fully saturated rings. The molecule has 0 amide bonds. The van der Waals surface area contributed by atoms with E-state index in [-0.39, 0.29) is 0 Å². The molecule has 1 N–H and O–H groups in total. The summed E-state index contributed by atoms with van der Waals surface area (Å²) in [6.45, 7) is 1.66. The van der Waals surface area contributed by atoms with Crippen LogP contribution in [0.1, 0.15) is 18.4 Å². The number of benzene rings is 1. The number of hydrogen-bond donors (Lipinski definition) is 1. The van der Waals surface area contributed by atoms with E-state index in [1.807, 2.05) is 24.3 Å². The van der Waals surface area contributed by atoms with Crippen molar-refractivity contribution in [3.8, 4) is 5.75 Å². The SMILES string of the molecule is COc1cccc(C(=S)NC[C@H]2CCCO2)c1. The molecule has 1 aliphatic heterocycles. The Hall–Kier alpha value is -1.13. The molecule has 0 aromatic heterocycles. The molecule has 1 aromatic carbocycles. The van der Waals surface area contributed by atoms with Crippen LogP contribution >= 0.6 is 12.2 Å². The van der Waals surface area contributed by atoms with Gasteiger partial charge in [0.25, 0.3) is 0 Å². The molecule has 0 saturated carbocycles. The monoisotopic (exact) mass is 251 g/mol. The zero-order chi connectivity index (χ0) is 12.1. The number of thiocarbonyl (C=S) groups is 1. The Balaban J connectivity index is 1.89. The van der Waals surface area contributed by atoms with Gasteiger partial charge >= 0.3 is 0 Å². The summed E-state index contributed by atoms with van der Waals surface area (Å²) in [5, 5.41) is 3.24. The highest BCUT2D eigenvalue weighted by molar-refractivity contribution is 7.80. The van der Waals surface area contributed by atoms with Gasteiger partial charge in [0.15, 0.2) is 0 Å². The van der Waals surface area contributed by atoms with E-state index in [2.05, 4.69) is 5.32 Å². The van der Waals surface area contributed by atoms with Crippen molar-refractivity contribution in [2.24, 2.45) is 0 Å². The van der Waals surface area contributed by atoms with E-state index in [9.17, 15) is 0 Å². The van der Waals surface area contributed by atoms with Crippen LogP contribution < -0.4 is 10.1 Å². The standard InChI is InChI=1S/C13H17NO2S/c1-15-11-5-2-4-10(8-11)13(17)14-9-12-6-3-7-16-12/h2,4-5,8,12H,3,6-7,9H2,1H3,(H,14,17)/t12-/m1/s1. The first-order valence-electron chi connectivity index (χ1n) is 5.83. The van der Waals surface area contributed by atoms with Crippen LogP contribution in [0.25, 0.3) is 0 Å². The quantitative estimate of drug-likeness (QED) is 0.831. The largest absolute Gasteiger partial charge is 0.497 e. The van der Waals surface area contributed by atoms with Crippen LogP contribution in [0.15, 0.2) is 24.3 Å². The van der Waals surface area contributed by atoms with Crippen LogP contribution in [0, 0.1) is 0 Å². The first kappa shape index (κ1) is 12.3. The van der Waals surface area contributed by atoms with E-state index < -0.39 is 0 Å².